The highest BCUT2D eigenvalue weighted by molar-refractivity contribution is 5.91. The molecule has 0 saturated heterocycles. The van der Waals surface area contributed by atoms with Crippen LogP contribution in [0.5, 0.6) is 0 Å². The van der Waals surface area contributed by atoms with Crippen LogP contribution in [0.15, 0.2) is 82.0 Å². The molecule has 2 aromatic carbocycles. The number of hydrogen-bond donors (Lipinski definition) is 0. The van der Waals surface area contributed by atoms with Crippen LogP contribution in [-0.4, -0.2) is 0 Å². The molecule has 0 bridgehead atoms. The molecule has 2 nitrogen and oxygen atoms in total. The largest absolute Gasteiger partial charge is 0.464 e. The molecule has 0 spiro atoms. The number of fused-ring (bicyclic) bond motifs is 3. The van der Waals surface area contributed by atoms with E-state index in [0.29, 0.717) is 0 Å². The van der Waals surface area contributed by atoms with Gasteiger partial charge in [0.2, 0.25) is 0 Å². The molecule has 4 aromatic rings. The van der Waals surface area contributed by atoms with Crippen LogP contribution in [0.1, 0.15) is 11.1 Å². The Bertz CT molecular complexity index is 977. The summed E-state index contributed by atoms with van der Waals surface area (Å²) >= 11 is 0. The fraction of sp³-hybridized carbons (Fsp3) is 0.0476. The average Bonchev–Trinajstić information content (AvgIpc) is 3.33. The first-order valence-electron chi connectivity index (χ1n) is 7.74. The smallest absolute Gasteiger partial charge is 0.134 e. The molecular formula is C21H14O2. The maximum atomic E-state index is 5.74. The van der Waals surface area contributed by atoms with Crippen LogP contribution in [0.2, 0.25) is 0 Å². The van der Waals surface area contributed by atoms with Crippen molar-refractivity contribution in [3.63, 3.8) is 0 Å². The van der Waals surface area contributed by atoms with Gasteiger partial charge >= 0.3 is 0 Å². The molecule has 0 aliphatic heterocycles. The van der Waals surface area contributed by atoms with E-state index in [1.54, 1.807) is 12.5 Å². The van der Waals surface area contributed by atoms with Crippen LogP contribution in [0.3, 0.4) is 0 Å². The minimum absolute atomic E-state index is 0.871. The molecule has 2 aromatic heterocycles. The van der Waals surface area contributed by atoms with Gasteiger partial charge in [-0.15, -0.1) is 0 Å². The summed E-state index contributed by atoms with van der Waals surface area (Å²) in [6.45, 7) is 0. The van der Waals surface area contributed by atoms with E-state index >= 15 is 0 Å². The first kappa shape index (κ1) is 12.5. The van der Waals surface area contributed by atoms with Crippen molar-refractivity contribution in [3.05, 3.63) is 84.3 Å². The topological polar surface area (TPSA) is 26.3 Å². The van der Waals surface area contributed by atoms with Crippen molar-refractivity contribution in [2.45, 2.75) is 6.42 Å². The Morgan fingerprint density at radius 3 is 2.13 bits per heavy atom. The molecule has 1 aliphatic rings. The fourth-order valence-electron chi connectivity index (χ4n) is 3.55. The number of rotatable bonds is 2. The SMILES string of the molecule is c1coc(-c2ccc3c(c2-c2ccco2)Cc2ccccc2-3)c1. The highest BCUT2D eigenvalue weighted by Crippen LogP contribution is 2.45. The van der Waals surface area contributed by atoms with Crippen molar-refractivity contribution in [1.82, 2.24) is 0 Å². The molecule has 0 radical (unpaired) electrons. The zero-order valence-corrected chi connectivity index (χ0v) is 12.5. The summed E-state index contributed by atoms with van der Waals surface area (Å²) in [6.07, 6.45) is 4.36. The Morgan fingerprint density at radius 2 is 1.35 bits per heavy atom. The van der Waals surface area contributed by atoms with Gasteiger partial charge in [0.05, 0.1) is 12.5 Å². The van der Waals surface area contributed by atoms with E-state index in [0.717, 1.165) is 29.1 Å². The lowest BCUT2D eigenvalue weighted by molar-refractivity contribution is 0.575. The first-order chi connectivity index (χ1) is 11.4. The number of hydrogen-bond acceptors (Lipinski definition) is 2. The Balaban J connectivity index is 1.83. The maximum Gasteiger partial charge on any atom is 0.134 e. The van der Waals surface area contributed by atoms with Crippen LogP contribution in [0.25, 0.3) is 33.8 Å². The molecule has 5 rings (SSSR count). The molecule has 0 fully saturated rings. The van der Waals surface area contributed by atoms with E-state index in [1.165, 1.54) is 22.3 Å². The Labute approximate surface area is 134 Å². The highest BCUT2D eigenvalue weighted by atomic mass is 16.3. The predicted molar refractivity (Wildman–Crippen MR) is 90.1 cm³/mol. The molecule has 1 aliphatic carbocycles. The van der Waals surface area contributed by atoms with Gasteiger partial charge in [0.1, 0.15) is 11.5 Å². The normalized spacial score (nSPS) is 12.2. The minimum atomic E-state index is 0.871. The Morgan fingerprint density at radius 1 is 0.609 bits per heavy atom. The van der Waals surface area contributed by atoms with E-state index in [1.807, 2.05) is 24.3 Å². The third-order valence-corrected chi connectivity index (χ3v) is 4.54. The molecule has 110 valence electrons. The van der Waals surface area contributed by atoms with Crippen LogP contribution < -0.4 is 0 Å². The van der Waals surface area contributed by atoms with Gasteiger partial charge in [-0.25, -0.2) is 0 Å². The summed E-state index contributed by atoms with van der Waals surface area (Å²) in [5.74, 6) is 1.76. The van der Waals surface area contributed by atoms with Gasteiger partial charge < -0.3 is 8.83 Å². The van der Waals surface area contributed by atoms with E-state index in [-0.39, 0.29) is 0 Å². The Kier molecular flexibility index (Phi) is 2.59. The van der Waals surface area contributed by atoms with Crippen molar-refractivity contribution in [2.75, 3.05) is 0 Å². The summed E-state index contributed by atoms with van der Waals surface area (Å²) in [5.41, 5.74) is 7.51. The number of benzene rings is 2. The summed E-state index contributed by atoms with van der Waals surface area (Å²) in [4.78, 5) is 0. The summed E-state index contributed by atoms with van der Waals surface area (Å²) in [5, 5.41) is 0. The molecule has 2 heteroatoms. The lowest BCUT2D eigenvalue weighted by Crippen LogP contribution is -1.91. The molecular weight excluding hydrogens is 284 g/mol. The molecule has 0 atom stereocenters. The first-order valence-corrected chi connectivity index (χ1v) is 7.74. The van der Waals surface area contributed by atoms with Gasteiger partial charge in [0, 0.05) is 11.1 Å². The lowest BCUT2D eigenvalue weighted by Gasteiger charge is -2.11. The molecule has 0 N–H and O–H groups in total. The van der Waals surface area contributed by atoms with Gasteiger partial charge in [-0.2, -0.15) is 0 Å². The van der Waals surface area contributed by atoms with Gasteiger partial charge in [-0.1, -0.05) is 30.3 Å². The molecule has 23 heavy (non-hydrogen) atoms. The Hall–Kier alpha value is -3.00. The van der Waals surface area contributed by atoms with Crippen molar-refractivity contribution in [3.8, 4) is 33.8 Å². The average molecular weight is 298 g/mol. The van der Waals surface area contributed by atoms with Gasteiger partial charge in [-0.05, 0) is 59.0 Å². The predicted octanol–water partition coefficient (Wildman–Crippen LogP) is 5.78. The third-order valence-electron chi connectivity index (χ3n) is 4.54. The second-order valence-corrected chi connectivity index (χ2v) is 5.80. The fourth-order valence-corrected chi connectivity index (χ4v) is 3.55. The van der Waals surface area contributed by atoms with Gasteiger partial charge in [0.25, 0.3) is 0 Å². The van der Waals surface area contributed by atoms with Crippen LogP contribution in [-0.2, 0) is 6.42 Å². The quantitative estimate of drug-likeness (QED) is 0.413. The molecule has 2 heterocycles. The summed E-state index contributed by atoms with van der Waals surface area (Å²) in [6, 6.07) is 20.8. The van der Waals surface area contributed by atoms with E-state index in [2.05, 4.69) is 36.4 Å². The van der Waals surface area contributed by atoms with Crippen LogP contribution >= 0.6 is 0 Å². The molecule has 0 saturated carbocycles. The van der Waals surface area contributed by atoms with Gasteiger partial charge in [0.15, 0.2) is 0 Å². The van der Waals surface area contributed by atoms with Crippen molar-refractivity contribution >= 4 is 0 Å². The minimum Gasteiger partial charge on any atom is -0.464 e. The van der Waals surface area contributed by atoms with Crippen LogP contribution in [0, 0.1) is 0 Å². The lowest BCUT2D eigenvalue weighted by atomic mass is 9.93. The summed E-state index contributed by atoms with van der Waals surface area (Å²) in [7, 11) is 0. The third kappa shape index (κ3) is 1.82. The number of furan rings is 2. The van der Waals surface area contributed by atoms with E-state index in [9.17, 15) is 0 Å². The van der Waals surface area contributed by atoms with E-state index < -0.39 is 0 Å². The molecule has 0 unspecified atom stereocenters. The van der Waals surface area contributed by atoms with Crippen molar-refractivity contribution in [1.29, 1.82) is 0 Å². The summed E-state index contributed by atoms with van der Waals surface area (Å²) < 4.78 is 11.4. The second kappa shape index (κ2) is 4.75. The van der Waals surface area contributed by atoms with Crippen molar-refractivity contribution in [2.24, 2.45) is 0 Å². The monoisotopic (exact) mass is 298 g/mol. The van der Waals surface area contributed by atoms with Crippen LogP contribution in [0.4, 0.5) is 0 Å². The molecule has 0 amide bonds. The second-order valence-electron chi connectivity index (χ2n) is 5.80. The zero-order chi connectivity index (χ0) is 15.2. The standard InChI is InChI=1S/C21H14O2/c1-2-6-15-14(5-1)13-18-16(15)9-10-17(19-7-3-11-22-19)21(18)20-8-4-12-23-20/h1-12H,13H2. The van der Waals surface area contributed by atoms with Gasteiger partial charge in [-0.3, -0.25) is 0 Å². The van der Waals surface area contributed by atoms with Crippen molar-refractivity contribution < 1.29 is 8.83 Å². The van der Waals surface area contributed by atoms with E-state index in [4.69, 9.17) is 8.83 Å². The highest BCUT2D eigenvalue weighted by Gasteiger charge is 2.25. The zero-order valence-electron chi connectivity index (χ0n) is 12.5. The maximum absolute atomic E-state index is 5.74.